The van der Waals surface area contributed by atoms with E-state index in [9.17, 15) is 0 Å². The highest BCUT2D eigenvalue weighted by atomic mass is 35.5. The van der Waals surface area contributed by atoms with E-state index in [1.807, 2.05) is 50.2 Å². The molecule has 0 spiro atoms. The number of pyridine rings is 1. The molecule has 140 valence electrons. The SMILES string of the molecule is CC[C@@H](C)Nc1nc(Nc2c(C)ccc(Cl)c2C)cc(-c2ccccn2)n1. The van der Waals surface area contributed by atoms with Crippen molar-refractivity contribution in [3.8, 4) is 11.4 Å². The number of rotatable bonds is 6. The van der Waals surface area contributed by atoms with Crippen molar-refractivity contribution in [1.29, 1.82) is 0 Å². The minimum Gasteiger partial charge on any atom is -0.352 e. The summed E-state index contributed by atoms with van der Waals surface area (Å²) in [6, 6.07) is 11.9. The second-order valence-electron chi connectivity index (χ2n) is 6.62. The fourth-order valence-corrected chi connectivity index (χ4v) is 2.84. The number of benzene rings is 1. The lowest BCUT2D eigenvalue weighted by Crippen LogP contribution is -2.16. The molecule has 3 rings (SSSR count). The minimum absolute atomic E-state index is 0.270. The maximum Gasteiger partial charge on any atom is 0.225 e. The molecule has 0 saturated heterocycles. The summed E-state index contributed by atoms with van der Waals surface area (Å²) in [7, 11) is 0. The van der Waals surface area contributed by atoms with E-state index in [0.717, 1.165) is 39.6 Å². The number of halogens is 1. The van der Waals surface area contributed by atoms with Crippen LogP contribution in [-0.2, 0) is 0 Å². The van der Waals surface area contributed by atoms with Crippen LogP contribution in [0.25, 0.3) is 11.4 Å². The molecule has 1 atom stereocenters. The van der Waals surface area contributed by atoms with Crippen molar-refractivity contribution in [1.82, 2.24) is 15.0 Å². The first-order valence-electron chi connectivity index (χ1n) is 9.07. The third kappa shape index (κ3) is 4.55. The lowest BCUT2D eigenvalue weighted by Gasteiger charge is -2.16. The molecule has 2 aromatic heterocycles. The summed E-state index contributed by atoms with van der Waals surface area (Å²) in [5.74, 6) is 1.28. The molecule has 0 aliphatic rings. The monoisotopic (exact) mass is 381 g/mol. The molecule has 5 nitrogen and oxygen atoms in total. The van der Waals surface area contributed by atoms with Crippen LogP contribution in [0.3, 0.4) is 0 Å². The highest BCUT2D eigenvalue weighted by Gasteiger charge is 2.12. The van der Waals surface area contributed by atoms with Gasteiger partial charge < -0.3 is 10.6 Å². The van der Waals surface area contributed by atoms with E-state index in [0.29, 0.717) is 11.8 Å². The number of nitrogens with zero attached hydrogens (tertiary/aromatic N) is 3. The Kier molecular flexibility index (Phi) is 5.91. The van der Waals surface area contributed by atoms with Crippen LogP contribution in [0.5, 0.6) is 0 Å². The van der Waals surface area contributed by atoms with Crippen molar-refractivity contribution in [3.63, 3.8) is 0 Å². The Balaban J connectivity index is 2.04. The normalized spacial score (nSPS) is 11.9. The van der Waals surface area contributed by atoms with E-state index in [4.69, 9.17) is 11.6 Å². The number of anilines is 3. The van der Waals surface area contributed by atoms with Gasteiger partial charge in [0, 0.05) is 29.0 Å². The maximum absolute atomic E-state index is 6.30. The van der Waals surface area contributed by atoms with Crippen molar-refractivity contribution >= 4 is 29.1 Å². The molecule has 0 radical (unpaired) electrons. The van der Waals surface area contributed by atoms with Crippen LogP contribution in [-0.4, -0.2) is 21.0 Å². The summed E-state index contributed by atoms with van der Waals surface area (Å²) >= 11 is 6.30. The highest BCUT2D eigenvalue weighted by Crippen LogP contribution is 2.30. The molecule has 6 heteroatoms. The summed E-state index contributed by atoms with van der Waals surface area (Å²) in [5.41, 5.74) is 4.62. The lowest BCUT2D eigenvalue weighted by atomic mass is 10.1. The Labute approximate surface area is 165 Å². The van der Waals surface area contributed by atoms with Gasteiger partial charge in [-0.25, -0.2) is 4.98 Å². The molecular weight excluding hydrogens is 358 g/mol. The topological polar surface area (TPSA) is 62.7 Å². The van der Waals surface area contributed by atoms with Crippen LogP contribution in [0, 0.1) is 13.8 Å². The zero-order chi connectivity index (χ0) is 19.4. The molecule has 0 aliphatic heterocycles. The summed E-state index contributed by atoms with van der Waals surface area (Å²) in [6.45, 7) is 8.27. The van der Waals surface area contributed by atoms with Gasteiger partial charge in [0.15, 0.2) is 0 Å². The third-order valence-corrected chi connectivity index (χ3v) is 4.91. The van der Waals surface area contributed by atoms with Crippen LogP contribution in [0.15, 0.2) is 42.6 Å². The summed E-state index contributed by atoms with van der Waals surface area (Å²) in [5, 5.41) is 7.49. The first-order valence-corrected chi connectivity index (χ1v) is 9.45. The lowest BCUT2D eigenvalue weighted by molar-refractivity contribution is 0.753. The molecule has 0 amide bonds. The summed E-state index contributed by atoms with van der Waals surface area (Å²) < 4.78 is 0. The fourth-order valence-electron chi connectivity index (χ4n) is 2.69. The Morgan fingerprint density at radius 2 is 1.89 bits per heavy atom. The maximum atomic E-state index is 6.30. The van der Waals surface area contributed by atoms with Crippen LogP contribution in [0.2, 0.25) is 5.02 Å². The van der Waals surface area contributed by atoms with E-state index >= 15 is 0 Å². The third-order valence-electron chi connectivity index (χ3n) is 4.50. The molecule has 27 heavy (non-hydrogen) atoms. The quantitative estimate of drug-likeness (QED) is 0.568. The Bertz CT molecular complexity index is 927. The van der Waals surface area contributed by atoms with E-state index in [2.05, 4.69) is 39.4 Å². The van der Waals surface area contributed by atoms with E-state index < -0.39 is 0 Å². The Morgan fingerprint density at radius 1 is 1.07 bits per heavy atom. The number of hydrogen-bond acceptors (Lipinski definition) is 5. The highest BCUT2D eigenvalue weighted by molar-refractivity contribution is 6.31. The van der Waals surface area contributed by atoms with Gasteiger partial charge >= 0.3 is 0 Å². The van der Waals surface area contributed by atoms with Gasteiger partial charge in [-0.15, -0.1) is 0 Å². The van der Waals surface area contributed by atoms with Gasteiger partial charge in [-0.1, -0.05) is 30.7 Å². The van der Waals surface area contributed by atoms with Gasteiger partial charge in [0.1, 0.15) is 5.82 Å². The van der Waals surface area contributed by atoms with Crippen LogP contribution in [0.1, 0.15) is 31.4 Å². The van der Waals surface area contributed by atoms with Gasteiger partial charge in [-0.05, 0) is 56.5 Å². The molecule has 2 N–H and O–H groups in total. The Hall–Kier alpha value is -2.66. The number of hydrogen-bond donors (Lipinski definition) is 2. The van der Waals surface area contributed by atoms with E-state index in [-0.39, 0.29) is 6.04 Å². The van der Waals surface area contributed by atoms with Crippen molar-refractivity contribution < 1.29 is 0 Å². The average molecular weight is 382 g/mol. The number of nitrogens with one attached hydrogen (secondary N) is 2. The van der Waals surface area contributed by atoms with E-state index in [1.165, 1.54) is 0 Å². The fraction of sp³-hybridized carbons (Fsp3) is 0.286. The predicted octanol–water partition coefficient (Wildman–Crippen LogP) is 5.76. The molecule has 1 aromatic carbocycles. The number of aromatic nitrogens is 3. The zero-order valence-electron chi connectivity index (χ0n) is 16.0. The zero-order valence-corrected chi connectivity index (χ0v) is 16.8. The Morgan fingerprint density at radius 3 is 2.59 bits per heavy atom. The first-order chi connectivity index (χ1) is 13.0. The smallest absolute Gasteiger partial charge is 0.225 e. The van der Waals surface area contributed by atoms with Gasteiger partial charge in [0.2, 0.25) is 5.95 Å². The largest absolute Gasteiger partial charge is 0.352 e. The summed E-state index contributed by atoms with van der Waals surface area (Å²) in [4.78, 5) is 13.7. The van der Waals surface area contributed by atoms with Gasteiger partial charge in [-0.2, -0.15) is 4.98 Å². The van der Waals surface area contributed by atoms with Crippen LogP contribution >= 0.6 is 11.6 Å². The van der Waals surface area contributed by atoms with Crippen molar-refractivity contribution in [2.24, 2.45) is 0 Å². The average Bonchev–Trinajstić information content (AvgIpc) is 2.68. The van der Waals surface area contributed by atoms with Crippen LogP contribution < -0.4 is 10.6 Å². The van der Waals surface area contributed by atoms with Gasteiger partial charge in [-0.3, -0.25) is 4.98 Å². The second kappa shape index (κ2) is 8.35. The predicted molar refractivity (Wildman–Crippen MR) is 113 cm³/mol. The van der Waals surface area contributed by atoms with Crippen molar-refractivity contribution in [2.75, 3.05) is 10.6 Å². The summed E-state index contributed by atoms with van der Waals surface area (Å²) in [6.07, 6.45) is 2.74. The second-order valence-corrected chi connectivity index (χ2v) is 7.03. The first kappa shape index (κ1) is 19.1. The molecule has 0 aliphatic carbocycles. The molecule has 0 fully saturated rings. The van der Waals surface area contributed by atoms with Gasteiger partial charge in [0.05, 0.1) is 11.4 Å². The molecule has 2 heterocycles. The molecule has 0 saturated carbocycles. The van der Waals surface area contributed by atoms with Crippen LogP contribution in [0.4, 0.5) is 17.5 Å². The van der Waals surface area contributed by atoms with E-state index in [1.54, 1.807) is 6.20 Å². The standard InChI is InChI=1S/C21H24ClN5/c1-5-14(3)24-21-25-18(17-8-6-7-11-23-17)12-19(27-21)26-20-13(2)9-10-16(22)15(20)4/h6-12,14H,5H2,1-4H3,(H2,24,25,26,27)/t14-/m1/s1. The molecule has 0 bridgehead atoms. The van der Waals surface area contributed by atoms with Gasteiger partial charge in [0.25, 0.3) is 0 Å². The molecular formula is C21H24ClN5. The number of aryl methyl sites for hydroxylation is 1. The molecule has 0 unspecified atom stereocenters. The van der Waals surface area contributed by atoms with Crippen molar-refractivity contribution in [3.05, 3.63) is 58.7 Å². The van der Waals surface area contributed by atoms with Crippen molar-refractivity contribution in [2.45, 2.75) is 40.2 Å². The molecule has 3 aromatic rings. The minimum atomic E-state index is 0.270.